The third-order valence-electron chi connectivity index (χ3n) is 7.58. The van der Waals surface area contributed by atoms with Gasteiger partial charge < -0.3 is 0 Å². The van der Waals surface area contributed by atoms with E-state index in [1.165, 1.54) is 51.4 Å². The number of hydrogen-bond acceptors (Lipinski definition) is 0. The van der Waals surface area contributed by atoms with Gasteiger partial charge >= 0.3 is 0 Å². The van der Waals surface area contributed by atoms with Gasteiger partial charge in [-0.1, -0.05) is 0 Å². The summed E-state index contributed by atoms with van der Waals surface area (Å²) in [5.41, 5.74) is 20.1. The van der Waals surface area contributed by atoms with Crippen molar-refractivity contribution in [2.24, 2.45) is 0 Å². The van der Waals surface area contributed by atoms with E-state index in [1.54, 1.807) is 66.8 Å². The topological polar surface area (TPSA) is 0 Å². The molecule has 0 nitrogen and oxygen atoms in total. The van der Waals surface area contributed by atoms with Crippen LogP contribution >= 0.6 is 0 Å². The van der Waals surface area contributed by atoms with E-state index in [1.807, 2.05) is 0 Å². The van der Waals surface area contributed by atoms with Crippen LogP contribution in [0.4, 0.5) is 0 Å². The Morgan fingerprint density at radius 3 is 0.542 bits per heavy atom. The molecule has 3 aliphatic rings. The summed E-state index contributed by atoms with van der Waals surface area (Å²) in [7, 11) is 0. The standard InChI is InChI=1S/C24H28/c1-13-17-5-6-18(17)14(2)22-11-12-24-16(4)20-8-7-19(20)15(3)23(24)10-9-21(13)22/h5-12H2,1-4H3. The first kappa shape index (κ1) is 14.8. The van der Waals surface area contributed by atoms with Crippen LogP contribution in [-0.4, -0.2) is 0 Å². The lowest BCUT2D eigenvalue weighted by molar-refractivity contribution is 0.743. The first-order valence-corrected chi connectivity index (χ1v) is 9.83. The summed E-state index contributed by atoms with van der Waals surface area (Å²) < 4.78 is 0. The molecule has 0 aliphatic heterocycles. The zero-order valence-electron chi connectivity index (χ0n) is 15.7. The van der Waals surface area contributed by atoms with Gasteiger partial charge in [0.15, 0.2) is 0 Å². The molecule has 0 bridgehead atoms. The number of fused-ring (bicyclic) bond motifs is 4. The van der Waals surface area contributed by atoms with Gasteiger partial charge in [-0.3, -0.25) is 0 Å². The first-order chi connectivity index (χ1) is 11.6. The molecule has 0 aromatic heterocycles. The highest BCUT2D eigenvalue weighted by molar-refractivity contribution is 5.59. The van der Waals surface area contributed by atoms with E-state index >= 15 is 0 Å². The molecule has 0 heterocycles. The van der Waals surface area contributed by atoms with Crippen molar-refractivity contribution in [1.82, 2.24) is 0 Å². The van der Waals surface area contributed by atoms with Gasteiger partial charge in [-0.2, -0.15) is 0 Å². The molecule has 0 saturated heterocycles. The van der Waals surface area contributed by atoms with Crippen LogP contribution in [0, 0.1) is 27.7 Å². The molecule has 0 saturated carbocycles. The van der Waals surface area contributed by atoms with Gasteiger partial charge in [-0.25, -0.2) is 0 Å². The molecule has 3 aliphatic carbocycles. The maximum atomic E-state index is 2.40. The molecular weight excluding hydrogens is 288 g/mol. The van der Waals surface area contributed by atoms with Gasteiger partial charge in [0.2, 0.25) is 0 Å². The summed E-state index contributed by atoms with van der Waals surface area (Å²) in [5.74, 6) is 0. The van der Waals surface area contributed by atoms with Gasteiger partial charge in [0.25, 0.3) is 0 Å². The fourth-order valence-electron chi connectivity index (χ4n) is 5.89. The van der Waals surface area contributed by atoms with Crippen LogP contribution in [0.1, 0.15) is 66.8 Å². The largest absolute Gasteiger partial charge is 0.0441 e. The third kappa shape index (κ3) is 1.75. The van der Waals surface area contributed by atoms with Crippen molar-refractivity contribution in [3.8, 4) is 0 Å². The minimum atomic E-state index is 1.25. The Labute approximate surface area is 146 Å². The fraction of sp³-hybridized carbons (Fsp3) is 0.500. The van der Waals surface area contributed by atoms with Gasteiger partial charge in [0.05, 0.1) is 0 Å². The second kappa shape index (κ2) is 4.97. The van der Waals surface area contributed by atoms with Crippen molar-refractivity contribution >= 4 is 0 Å². The summed E-state index contributed by atoms with van der Waals surface area (Å²) in [6.07, 6.45) is 10.3. The molecule has 2 aromatic carbocycles. The van der Waals surface area contributed by atoms with Crippen LogP contribution in [0.5, 0.6) is 0 Å². The Balaban J connectivity index is 1.66. The third-order valence-corrected chi connectivity index (χ3v) is 7.58. The number of hydrogen-bond donors (Lipinski definition) is 0. The van der Waals surface area contributed by atoms with E-state index in [4.69, 9.17) is 0 Å². The molecule has 0 radical (unpaired) electrons. The smallest absolute Gasteiger partial charge is 0.0232 e. The average Bonchev–Trinajstić information content (AvgIpc) is 2.41. The van der Waals surface area contributed by atoms with Crippen LogP contribution in [0.2, 0.25) is 0 Å². The fourth-order valence-corrected chi connectivity index (χ4v) is 5.89. The van der Waals surface area contributed by atoms with Crippen molar-refractivity contribution in [2.45, 2.75) is 79.1 Å². The Bertz CT molecular complexity index is 746. The normalized spacial score (nSPS) is 17.5. The van der Waals surface area contributed by atoms with E-state index in [0.717, 1.165) is 0 Å². The highest BCUT2D eigenvalue weighted by atomic mass is 14.3. The minimum absolute atomic E-state index is 1.25. The average molecular weight is 316 g/mol. The monoisotopic (exact) mass is 316 g/mol. The SMILES string of the molecule is Cc1c2c(c(C)c3c1CCc1c(C)c4c(c(C)c1CC3)CC4)CC2. The van der Waals surface area contributed by atoms with Gasteiger partial charge in [-0.15, -0.1) is 0 Å². The molecule has 0 unspecified atom stereocenters. The molecule has 0 atom stereocenters. The summed E-state index contributed by atoms with van der Waals surface area (Å²) in [5, 5.41) is 0. The van der Waals surface area contributed by atoms with Crippen molar-refractivity contribution in [2.75, 3.05) is 0 Å². The molecule has 0 heteroatoms. The zero-order valence-corrected chi connectivity index (χ0v) is 15.7. The maximum Gasteiger partial charge on any atom is -0.0232 e. The number of benzene rings is 2. The minimum Gasteiger partial charge on any atom is -0.0441 e. The van der Waals surface area contributed by atoms with Crippen molar-refractivity contribution in [3.63, 3.8) is 0 Å². The van der Waals surface area contributed by atoms with E-state index in [0.29, 0.717) is 0 Å². The van der Waals surface area contributed by atoms with Gasteiger partial charge in [0, 0.05) is 0 Å². The molecule has 24 heavy (non-hydrogen) atoms. The lowest BCUT2D eigenvalue weighted by Crippen LogP contribution is -2.22. The summed E-state index contributed by atoms with van der Waals surface area (Å²) in [6.45, 7) is 9.59. The van der Waals surface area contributed by atoms with Crippen molar-refractivity contribution in [3.05, 3.63) is 66.8 Å². The quantitative estimate of drug-likeness (QED) is 0.641. The second-order valence-electron chi connectivity index (χ2n) is 8.33. The Hall–Kier alpha value is -1.56. The van der Waals surface area contributed by atoms with E-state index in [2.05, 4.69) is 27.7 Å². The van der Waals surface area contributed by atoms with Crippen molar-refractivity contribution < 1.29 is 0 Å². The predicted molar refractivity (Wildman–Crippen MR) is 101 cm³/mol. The lowest BCUT2D eigenvalue weighted by Gasteiger charge is -2.34. The molecule has 5 rings (SSSR count). The van der Waals surface area contributed by atoms with Gasteiger partial charge in [-0.05, 0) is 146 Å². The first-order valence-electron chi connectivity index (χ1n) is 9.83. The van der Waals surface area contributed by atoms with Crippen LogP contribution in [0.25, 0.3) is 0 Å². The molecule has 0 amide bonds. The molecule has 0 fully saturated rings. The molecule has 124 valence electrons. The van der Waals surface area contributed by atoms with E-state index in [-0.39, 0.29) is 0 Å². The molecule has 0 N–H and O–H groups in total. The number of rotatable bonds is 0. The van der Waals surface area contributed by atoms with Crippen LogP contribution in [0.15, 0.2) is 0 Å². The highest BCUT2D eigenvalue weighted by Crippen LogP contribution is 2.40. The summed E-state index contributed by atoms with van der Waals surface area (Å²) in [6, 6.07) is 0. The van der Waals surface area contributed by atoms with Crippen LogP contribution in [0.3, 0.4) is 0 Å². The van der Waals surface area contributed by atoms with Crippen LogP contribution < -0.4 is 0 Å². The summed E-state index contributed by atoms with van der Waals surface area (Å²) in [4.78, 5) is 0. The second-order valence-corrected chi connectivity index (χ2v) is 8.33. The van der Waals surface area contributed by atoms with Crippen molar-refractivity contribution in [1.29, 1.82) is 0 Å². The molecule has 2 aromatic rings. The lowest BCUT2D eigenvalue weighted by atomic mass is 9.71. The highest BCUT2D eigenvalue weighted by Gasteiger charge is 2.28. The Kier molecular flexibility index (Phi) is 3.06. The van der Waals surface area contributed by atoms with E-state index < -0.39 is 0 Å². The zero-order chi connectivity index (χ0) is 16.6. The molecule has 0 spiro atoms. The Morgan fingerprint density at radius 2 is 0.417 bits per heavy atom. The van der Waals surface area contributed by atoms with Crippen LogP contribution in [-0.2, 0) is 51.4 Å². The Morgan fingerprint density at radius 1 is 0.292 bits per heavy atom. The predicted octanol–water partition coefficient (Wildman–Crippen LogP) is 5.00. The summed E-state index contributed by atoms with van der Waals surface area (Å²) >= 11 is 0. The molecular formula is C24H28. The van der Waals surface area contributed by atoms with E-state index in [9.17, 15) is 0 Å². The van der Waals surface area contributed by atoms with Gasteiger partial charge in [0.1, 0.15) is 0 Å². The maximum absolute atomic E-state index is 2.40.